The highest BCUT2D eigenvalue weighted by Crippen LogP contribution is 2.18. The van der Waals surface area contributed by atoms with Crippen molar-refractivity contribution < 1.29 is 9.90 Å². The Balaban J connectivity index is 2.81. The molecule has 4 nitrogen and oxygen atoms in total. The first kappa shape index (κ1) is 12.1. The predicted octanol–water partition coefficient (Wildman–Crippen LogP) is 1.73. The van der Waals surface area contributed by atoms with Crippen LogP contribution in [0.4, 0.5) is 0 Å². The lowest BCUT2D eigenvalue weighted by molar-refractivity contribution is 0.0938. The summed E-state index contributed by atoms with van der Waals surface area (Å²) >= 11 is 0. The Bertz CT molecular complexity index is 435. The van der Waals surface area contributed by atoms with Crippen LogP contribution < -0.4 is 5.32 Å². The van der Waals surface area contributed by atoms with E-state index in [1.165, 1.54) is 6.07 Å². The molecule has 0 bridgehead atoms. The number of phenolic OH excluding ortho intramolecular Hbond substituents is 1. The molecule has 1 rings (SSSR count). The summed E-state index contributed by atoms with van der Waals surface area (Å²) in [7, 11) is 0. The van der Waals surface area contributed by atoms with Crippen molar-refractivity contribution in [3.8, 4) is 11.8 Å². The molecule has 1 aromatic carbocycles. The first-order valence-electron chi connectivity index (χ1n) is 5.02. The van der Waals surface area contributed by atoms with Crippen LogP contribution in [0.25, 0.3) is 0 Å². The number of carbonyl (C=O) groups is 1. The minimum absolute atomic E-state index is 0.0488. The number of benzene rings is 1. The second-order valence-electron chi connectivity index (χ2n) is 3.76. The highest BCUT2D eigenvalue weighted by molar-refractivity contribution is 5.97. The van der Waals surface area contributed by atoms with E-state index in [0.29, 0.717) is 0 Å². The van der Waals surface area contributed by atoms with Crippen LogP contribution in [0.5, 0.6) is 5.75 Å². The Morgan fingerprint density at radius 3 is 2.94 bits per heavy atom. The van der Waals surface area contributed by atoms with E-state index >= 15 is 0 Å². The first-order valence-corrected chi connectivity index (χ1v) is 5.02. The van der Waals surface area contributed by atoms with Gasteiger partial charge in [-0.25, -0.2) is 0 Å². The van der Waals surface area contributed by atoms with E-state index in [1.54, 1.807) is 19.1 Å². The van der Waals surface area contributed by atoms with Crippen LogP contribution >= 0.6 is 0 Å². The van der Waals surface area contributed by atoms with E-state index in [9.17, 15) is 9.90 Å². The summed E-state index contributed by atoms with van der Waals surface area (Å²) < 4.78 is 0. The molecule has 4 heteroatoms. The summed E-state index contributed by atoms with van der Waals surface area (Å²) in [5.41, 5.74) is 1.14. The molecule has 0 radical (unpaired) electrons. The topological polar surface area (TPSA) is 73.1 Å². The van der Waals surface area contributed by atoms with Gasteiger partial charge in [0.1, 0.15) is 5.75 Å². The molecule has 1 amide bonds. The Labute approximate surface area is 94.5 Å². The number of nitrogens with one attached hydrogen (secondary N) is 1. The van der Waals surface area contributed by atoms with Crippen LogP contribution in [0.3, 0.4) is 0 Å². The van der Waals surface area contributed by atoms with Crippen LogP contribution in [-0.4, -0.2) is 17.1 Å². The normalized spacial score (nSPS) is 11.6. The number of phenols is 1. The van der Waals surface area contributed by atoms with E-state index < -0.39 is 0 Å². The summed E-state index contributed by atoms with van der Waals surface area (Å²) in [4.78, 5) is 11.7. The van der Waals surface area contributed by atoms with Gasteiger partial charge in [0.15, 0.2) is 0 Å². The molecule has 0 aliphatic carbocycles. The van der Waals surface area contributed by atoms with Crippen molar-refractivity contribution in [3.63, 3.8) is 0 Å². The second kappa shape index (κ2) is 5.17. The third-order valence-electron chi connectivity index (χ3n) is 2.17. The largest absolute Gasteiger partial charge is 0.507 e. The lowest BCUT2D eigenvalue weighted by Gasteiger charge is -2.11. The summed E-state index contributed by atoms with van der Waals surface area (Å²) in [6.07, 6.45) is 0.248. The van der Waals surface area contributed by atoms with Crippen LogP contribution in [0.2, 0.25) is 0 Å². The van der Waals surface area contributed by atoms with Crippen molar-refractivity contribution in [1.82, 2.24) is 5.32 Å². The third kappa shape index (κ3) is 2.99. The Kier molecular flexibility index (Phi) is 3.90. The van der Waals surface area contributed by atoms with Gasteiger partial charge >= 0.3 is 0 Å². The van der Waals surface area contributed by atoms with Gasteiger partial charge in [0.05, 0.1) is 18.1 Å². The van der Waals surface area contributed by atoms with Crippen LogP contribution in [-0.2, 0) is 0 Å². The molecule has 0 aromatic heterocycles. The molecule has 1 atom stereocenters. The average Bonchev–Trinajstić information content (AvgIpc) is 2.21. The minimum Gasteiger partial charge on any atom is -0.507 e. The van der Waals surface area contributed by atoms with Crippen molar-refractivity contribution >= 4 is 5.91 Å². The zero-order valence-electron chi connectivity index (χ0n) is 9.32. The van der Waals surface area contributed by atoms with Crippen molar-refractivity contribution in [1.29, 1.82) is 5.26 Å². The monoisotopic (exact) mass is 218 g/mol. The quantitative estimate of drug-likeness (QED) is 0.811. The summed E-state index contributed by atoms with van der Waals surface area (Å²) in [5, 5.41) is 20.6. The van der Waals surface area contributed by atoms with E-state index in [4.69, 9.17) is 5.26 Å². The number of amides is 1. The molecule has 0 heterocycles. The number of hydrogen-bond acceptors (Lipinski definition) is 3. The first-order chi connectivity index (χ1) is 7.54. The fourth-order valence-corrected chi connectivity index (χ4v) is 1.32. The highest BCUT2D eigenvalue weighted by Gasteiger charge is 2.13. The summed E-state index contributed by atoms with van der Waals surface area (Å²) in [6.45, 7) is 3.59. The molecule has 0 aliphatic rings. The molecule has 0 spiro atoms. The maximum Gasteiger partial charge on any atom is 0.255 e. The predicted molar refractivity (Wildman–Crippen MR) is 60.0 cm³/mol. The van der Waals surface area contributed by atoms with Gasteiger partial charge in [-0.15, -0.1) is 0 Å². The zero-order valence-corrected chi connectivity index (χ0v) is 9.32. The van der Waals surface area contributed by atoms with Crippen molar-refractivity contribution in [2.45, 2.75) is 26.3 Å². The molecule has 2 N–H and O–H groups in total. The number of rotatable bonds is 3. The van der Waals surface area contributed by atoms with Crippen molar-refractivity contribution in [2.24, 2.45) is 0 Å². The molecule has 16 heavy (non-hydrogen) atoms. The Morgan fingerprint density at radius 1 is 1.62 bits per heavy atom. The fourth-order valence-electron chi connectivity index (χ4n) is 1.32. The number of nitrogens with zero attached hydrogens (tertiary/aromatic N) is 1. The minimum atomic E-state index is -0.357. The smallest absolute Gasteiger partial charge is 0.255 e. The maximum absolute atomic E-state index is 11.7. The molecule has 0 fully saturated rings. The van der Waals surface area contributed by atoms with E-state index in [-0.39, 0.29) is 29.7 Å². The molecule has 0 saturated carbocycles. The lowest BCUT2D eigenvalue weighted by atomic mass is 10.1. The van der Waals surface area contributed by atoms with Gasteiger partial charge < -0.3 is 10.4 Å². The molecular weight excluding hydrogens is 204 g/mol. The number of aromatic hydroxyl groups is 1. The van der Waals surface area contributed by atoms with E-state index in [2.05, 4.69) is 5.32 Å². The highest BCUT2D eigenvalue weighted by atomic mass is 16.3. The number of nitriles is 1. The van der Waals surface area contributed by atoms with Crippen molar-refractivity contribution in [3.05, 3.63) is 29.3 Å². The van der Waals surface area contributed by atoms with Gasteiger partial charge in [0.2, 0.25) is 0 Å². The van der Waals surface area contributed by atoms with E-state index in [0.717, 1.165) is 5.56 Å². The maximum atomic E-state index is 11.7. The number of aryl methyl sites for hydroxylation is 1. The second-order valence-corrected chi connectivity index (χ2v) is 3.76. The van der Waals surface area contributed by atoms with Gasteiger partial charge in [0, 0.05) is 6.04 Å². The number of hydrogen-bond donors (Lipinski definition) is 2. The molecular formula is C12H14N2O2. The van der Waals surface area contributed by atoms with Gasteiger partial charge in [-0.3, -0.25) is 4.79 Å². The summed E-state index contributed by atoms with van der Waals surface area (Å²) in [6, 6.07) is 6.58. The van der Waals surface area contributed by atoms with Crippen LogP contribution in [0, 0.1) is 18.3 Å². The van der Waals surface area contributed by atoms with Gasteiger partial charge in [-0.05, 0) is 26.0 Å². The van der Waals surface area contributed by atoms with Crippen molar-refractivity contribution in [2.75, 3.05) is 0 Å². The van der Waals surface area contributed by atoms with Crippen LogP contribution in [0.1, 0.15) is 29.3 Å². The van der Waals surface area contributed by atoms with E-state index in [1.807, 2.05) is 13.0 Å². The zero-order chi connectivity index (χ0) is 12.1. The SMILES string of the molecule is Cc1ccc(O)c(C(=O)NC(C)CC#N)c1. The molecule has 0 aliphatic heterocycles. The average molecular weight is 218 g/mol. The molecule has 0 saturated heterocycles. The van der Waals surface area contributed by atoms with Gasteiger partial charge in [-0.1, -0.05) is 11.6 Å². The lowest BCUT2D eigenvalue weighted by Crippen LogP contribution is -2.32. The summed E-state index contributed by atoms with van der Waals surface area (Å²) in [5.74, 6) is -0.406. The molecule has 84 valence electrons. The van der Waals surface area contributed by atoms with Crippen LogP contribution in [0.15, 0.2) is 18.2 Å². The fraction of sp³-hybridized carbons (Fsp3) is 0.333. The van der Waals surface area contributed by atoms with Gasteiger partial charge in [0.25, 0.3) is 5.91 Å². The molecule has 1 unspecified atom stereocenters. The number of carbonyl (C=O) groups excluding carboxylic acids is 1. The Hall–Kier alpha value is -2.02. The molecule has 1 aromatic rings. The third-order valence-corrected chi connectivity index (χ3v) is 2.17. The standard InChI is InChI=1S/C12H14N2O2/c1-8-3-4-11(15)10(7-8)12(16)14-9(2)5-6-13/h3-4,7,9,15H,5H2,1-2H3,(H,14,16). The van der Waals surface area contributed by atoms with Gasteiger partial charge in [-0.2, -0.15) is 5.26 Å². The Morgan fingerprint density at radius 2 is 2.31 bits per heavy atom.